The summed E-state index contributed by atoms with van der Waals surface area (Å²) in [5, 5.41) is 0.440. The highest BCUT2D eigenvalue weighted by molar-refractivity contribution is 14.1. The molecule has 0 aliphatic carbocycles. The number of esters is 1. The molecule has 0 unspecified atom stereocenters. The van der Waals surface area contributed by atoms with E-state index < -0.39 is 12.0 Å². The van der Waals surface area contributed by atoms with Gasteiger partial charge in [0.1, 0.15) is 24.1 Å². The van der Waals surface area contributed by atoms with Crippen molar-refractivity contribution in [2.45, 2.75) is 19.6 Å². The van der Waals surface area contributed by atoms with Crippen molar-refractivity contribution in [3.63, 3.8) is 0 Å². The number of benzene rings is 3. The van der Waals surface area contributed by atoms with Crippen LogP contribution in [0.2, 0.25) is 5.02 Å². The summed E-state index contributed by atoms with van der Waals surface area (Å²) in [5.74, 6) is 0.574. The molecule has 0 amide bonds. The summed E-state index contributed by atoms with van der Waals surface area (Å²) in [6.45, 7) is 2.11. The molecule has 1 aliphatic rings. The molecule has 0 saturated carbocycles. The van der Waals surface area contributed by atoms with Crippen LogP contribution in [0.4, 0.5) is 0 Å². The fraction of sp³-hybridized carbons (Fsp3) is 0.167. The first-order valence-corrected chi connectivity index (χ1v) is 15.7. The minimum absolute atomic E-state index is 0.239. The van der Waals surface area contributed by atoms with E-state index in [4.69, 9.17) is 25.8 Å². The third-order valence-corrected chi connectivity index (χ3v) is 9.11. The van der Waals surface area contributed by atoms with Crippen LogP contribution >= 0.6 is 68.1 Å². The molecule has 1 aromatic heterocycles. The average molecular weight is 813 g/mol. The monoisotopic (exact) mass is 812 g/mol. The third-order valence-electron chi connectivity index (χ3n) is 6.46. The molecular weight excluding hydrogens is 790 g/mol. The van der Waals surface area contributed by atoms with E-state index in [1.807, 2.05) is 48.5 Å². The van der Waals surface area contributed by atoms with Gasteiger partial charge in [0.2, 0.25) is 0 Å². The number of nitrogens with zero attached hydrogens (tertiary/aromatic N) is 2. The summed E-state index contributed by atoms with van der Waals surface area (Å²) < 4.78 is 20.9. The second kappa shape index (κ2) is 12.7. The number of allylic oxidation sites excluding steroid dienone is 1. The predicted molar refractivity (Wildman–Crippen MR) is 176 cm³/mol. The van der Waals surface area contributed by atoms with Gasteiger partial charge in [-0.15, -0.1) is 0 Å². The van der Waals surface area contributed by atoms with Crippen LogP contribution < -0.4 is 24.4 Å². The number of carbonyl (C=O) groups excluding carboxylic acids is 1. The molecule has 0 saturated heterocycles. The van der Waals surface area contributed by atoms with Gasteiger partial charge < -0.3 is 14.2 Å². The Kier molecular flexibility index (Phi) is 9.21. The summed E-state index contributed by atoms with van der Waals surface area (Å²) in [5.41, 5.74) is 2.74. The van der Waals surface area contributed by atoms with Crippen LogP contribution in [0.3, 0.4) is 0 Å². The number of methoxy groups -OCH3 is 2. The highest BCUT2D eigenvalue weighted by Gasteiger charge is 2.35. The van der Waals surface area contributed by atoms with Crippen molar-refractivity contribution < 1.29 is 19.0 Å². The molecule has 4 aromatic rings. The molecule has 1 atom stereocenters. The Hall–Kier alpha value is -2.68. The number of hydrogen-bond donors (Lipinski definition) is 0. The quantitative estimate of drug-likeness (QED) is 0.173. The number of rotatable bonds is 7. The van der Waals surface area contributed by atoms with E-state index in [1.54, 1.807) is 25.1 Å². The minimum Gasteiger partial charge on any atom is -0.496 e. The standard InChI is InChI=1S/C30H23ClI2N2O5S/c1-16-25(29(37)39-3)26(21-13-19(31)9-10-23(21)38-2)35-28(36)24(41-30(35)34-16)12-18-11-20(32)14-22(33)27(18)40-15-17-7-5-4-6-8-17/h4-14,26H,15H2,1-3H3/b24-12-/t26-/m0/s1. The van der Waals surface area contributed by atoms with Gasteiger partial charge in [-0.05, 0) is 94.1 Å². The summed E-state index contributed by atoms with van der Waals surface area (Å²) in [6, 6.07) is 18.2. The Labute approximate surface area is 272 Å². The molecule has 41 heavy (non-hydrogen) atoms. The number of fused-ring (bicyclic) bond motifs is 1. The lowest BCUT2D eigenvalue weighted by Gasteiger charge is -2.25. The summed E-state index contributed by atoms with van der Waals surface area (Å²) in [7, 11) is 2.83. The first-order valence-electron chi connectivity index (χ1n) is 12.3. The molecule has 7 nitrogen and oxygen atoms in total. The van der Waals surface area contributed by atoms with Gasteiger partial charge in [0, 0.05) is 19.7 Å². The van der Waals surface area contributed by atoms with Crippen molar-refractivity contribution in [3.8, 4) is 11.5 Å². The molecule has 0 fully saturated rings. The maximum Gasteiger partial charge on any atom is 0.338 e. The maximum atomic E-state index is 14.1. The third kappa shape index (κ3) is 6.11. The SMILES string of the molecule is COC(=O)C1=C(C)N=c2s/c(=C\c3cc(I)cc(I)c3OCc3ccccc3)c(=O)n2[C@H]1c1cc(Cl)ccc1OC. The van der Waals surface area contributed by atoms with Gasteiger partial charge in [-0.3, -0.25) is 9.36 Å². The summed E-state index contributed by atoms with van der Waals surface area (Å²) in [4.78, 5) is 32.2. The molecule has 5 rings (SSSR count). The number of halogens is 3. The lowest BCUT2D eigenvalue weighted by molar-refractivity contribution is -0.136. The smallest absolute Gasteiger partial charge is 0.338 e. The van der Waals surface area contributed by atoms with Gasteiger partial charge >= 0.3 is 5.97 Å². The van der Waals surface area contributed by atoms with Crippen LogP contribution in [0.1, 0.15) is 29.7 Å². The predicted octanol–water partition coefficient (Wildman–Crippen LogP) is 5.86. The van der Waals surface area contributed by atoms with E-state index in [-0.39, 0.29) is 11.1 Å². The minimum atomic E-state index is -0.848. The zero-order valence-electron chi connectivity index (χ0n) is 22.1. The van der Waals surface area contributed by atoms with E-state index in [0.717, 1.165) is 18.3 Å². The molecule has 11 heteroatoms. The van der Waals surface area contributed by atoms with Crippen molar-refractivity contribution in [1.29, 1.82) is 0 Å². The summed E-state index contributed by atoms with van der Waals surface area (Å²) >= 11 is 12.1. The highest BCUT2D eigenvalue weighted by Crippen LogP contribution is 2.37. The topological polar surface area (TPSA) is 79.1 Å². The van der Waals surface area contributed by atoms with E-state index in [2.05, 4.69) is 50.2 Å². The second-order valence-electron chi connectivity index (χ2n) is 9.04. The maximum absolute atomic E-state index is 14.1. The van der Waals surface area contributed by atoms with Crippen LogP contribution in [0.5, 0.6) is 11.5 Å². The lowest BCUT2D eigenvalue weighted by atomic mass is 9.95. The molecule has 0 N–H and O–H groups in total. The van der Waals surface area contributed by atoms with E-state index in [0.29, 0.717) is 43.7 Å². The van der Waals surface area contributed by atoms with Gasteiger partial charge in [0.25, 0.3) is 5.56 Å². The van der Waals surface area contributed by atoms with Gasteiger partial charge in [-0.25, -0.2) is 9.79 Å². The number of hydrogen-bond acceptors (Lipinski definition) is 7. The molecule has 3 aromatic carbocycles. The van der Waals surface area contributed by atoms with E-state index >= 15 is 0 Å². The number of ether oxygens (including phenoxy) is 3. The first kappa shape index (κ1) is 29.8. The molecule has 210 valence electrons. The Morgan fingerprint density at radius 1 is 1.12 bits per heavy atom. The fourth-order valence-corrected chi connectivity index (χ4v) is 7.88. The lowest BCUT2D eigenvalue weighted by Crippen LogP contribution is -2.40. The zero-order chi connectivity index (χ0) is 29.3. The molecule has 2 heterocycles. The van der Waals surface area contributed by atoms with Crippen molar-refractivity contribution >= 4 is 80.2 Å². The largest absolute Gasteiger partial charge is 0.496 e. The van der Waals surface area contributed by atoms with Crippen LogP contribution in [0.15, 0.2) is 81.7 Å². The average Bonchev–Trinajstić information content (AvgIpc) is 3.25. The Morgan fingerprint density at radius 2 is 1.88 bits per heavy atom. The first-order chi connectivity index (χ1) is 19.7. The van der Waals surface area contributed by atoms with Crippen LogP contribution in [0, 0.1) is 7.14 Å². The Morgan fingerprint density at radius 3 is 2.59 bits per heavy atom. The second-order valence-corrected chi connectivity index (χ2v) is 12.9. The molecule has 0 radical (unpaired) electrons. The fourth-order valence-electron chi connectivity index (χ4n) is 4.62. The van der Waals surface area contributed by atoms with Gasteiger partial charge in [0.15, 0.2) is 4.80 Å². The van der Waals surface area contributed by atoms with Crippen molar-refractivity contribution in [3.05, 3.63) is 120 Å². The highest BCUT2D eigenvalue weighted by atomic mass is 127. The number of carbonyl (C=O) groups is 1. The molecule has 1 aliphatic heterocycles. The van der Waals surface area contributed by atoms with Crippen molar-refractivity contribution in [2.75, 3.05) is 14.2 Å². The van der Waals surface area contributed by atoms with Gasteiger partial charge in [-0.1, -0.05) is 53.3 Å². The van der Waals surface area contributed by atoms with Gasteiger partial charge in [-0.2, -0.15) is 0 Å². The number of thiazole rings is 1. The molecule has 0 bridgehead atoms. The van der Waals surface area contributed by atoms with Crippen molar-refractivity contribution in [2.24, 2.45) is 4.99 Å². The van der Waals surface area contributed by atoms with Gasteiger partial charge in [0.05, 0.1) is 33.6 Å². The normalized spacial score (nSPS) is 14.9. The number of aromatic nitrogens is 1. The zero-order valence-corrected chi connectivity index (χ0v) is 28.0. The molecular formula is C30H23ClI2N2O5S. The summed E-state index contributed by atoms with van der Waals surface area (Å²) in [6.07, 6.45) is 1.82. The van der Waals surface area contributed by atoms with Crippen molar-refractivity contribution in [1.82, 2.24) is 4.57 Å². The molecule has 0 spiro atoms. The Balaban J connectivity index is 1.70. The van der Waals surface area contributed by atoms with Crippen LogP contribution in [0.25, 0.3) is 6.08 Å². The van der Waals surface area contributed by atoms with E-state index in [1.165, 1.54) is 30.1 Å². The van der Waals surface area contributed by atoms with Crippen LogP contribution in [-0.2, 0) is 16.1 Å². The van der Waals surface area contributed by atoms with E-state index in [9.17, 15) is 9.59 Å². The van der Waals surface area contributed by atoms with Crippen LogP contribution in [-0.4, -0.2) is 24.8 Å². The Bertz CT molecular complexity index is 1870.